The molecule has 1 saturated heterocycles. The van der Waals surface area contributed by atoms with Crippen LogP contribution in [0.5, 0.6) is 0 Å². The van der Waals surface area contributed by atoms with Crippen molar-refractivity contribution in [1.82, 2.24) is 4.90 Å². The van der Waals surface area contributed by atoms with E-state index in [0.717, 1.165) is 12.2 Å². The molecule has 1 amide bonds. The summed E-state index contributed by atoms with van der Waals surface area (Å²) in [6, 6.07) is 4.86. The number of ether oxygens (including phenoxy) is 1. The second-order valence-corrected chi connectivity index (χ2v) is 8.07. The predicted octanol–water partition coefficient (Wildman–Crippen LogP) is 4.96. The smallest absolute Gasteiger partial charge is 0.410 e. The van der Waals surface area contributed by atoms with Gasteiger partial charge in [-0.3, -0.25) is 10.1 Å². The van der Waals surface area contributed by atoms with Crippen molar-refractivity contribution < 1.29 is 23.2 Å². The van der Waals surface area contributed by atoms with Crippen molar-refractivity contribution in [2.24, 2.45) is 0 Å². The summed E-state index contributed by atoms with van der Waals surface area (Å²) in [6.07, 6.45) is 2.58. The fraction of sp³-hybridized carbons (Fsp3) is 0.409. The first kappa shape index (κ1) is 24.8. The van der Waals surface area contributed by atoms with Gasteiger partial charge in [0, 0.05) is 32.7 Å². The summed E-state index contributed by atoms with van der Waals surface area (Å²) < 4.78 is 31.8. The third kappa shape index (κ3) is 6.79. The van der Waals surface area contributed by atoms with Gasteiger partial charge in [-0.15, -0.1) is 0 Å². The number of nitrogens with zero attached hydrogens (tertiary/aromatic N) is 3. The first-order valence-corrected chi connectivity index (χ1v) is 10.1. The monoisotopic (exact) mass is 450 g/mol. The van der Waals surface area contributed by atoms with Crippen molar-refractivity contribution in [2.75, 3.05) is 42.9 Å². The maximum atomic E-state index is 13.4. The number of rotatable bonds is 7. The first-order valence-electron chi connectivity index (χ1n) is 10.1. The quantitative estimate of drug-likeness (QED) is 0.359. The molecule has 1 heterocycles. The third-order valence-corrected chi connectivity index (χ3v) is 4.55. The van der Waals surface area contributed by atoms with Gasteiger partial charge in [-0.1, -0.05) is 18.7 Å². The van der Waals surface area contributed by atoms with Crippen LogP contribution < -0.4 is 10.2 Å². The second kappa shape index (κ2) is 10.7. The molecule has 1 N–H and O–H groups in total. The van der Waals surface area contributed by atoms with Crippen molar-refractivity contribution in [3.8, 4) is 0 Å². The molecule has 0 atom stereocenters. The van der Waals surface area contributed by atoms with E-state index in [-0.39, 0.29) is 17.9 Å². The zero-order valence-electron chi connectivity index (χ0n) is 18.4. The van der Waals surface area contributed by atoms with Crippen LogP contribution in [0.25, 0.3) is 0 Å². The van der Waals surface area contributed by atoms with E-state index >= 15 is 0 Å². The van der Waals surface area contributed by atoms with Crippen LogP contribution in [0.2, 0.25) is 0 Å². The number of anilines is 2. The highest BCUT2D eigenvalue weighted by atomic mass is 19.2. The van der Waals surface area contributed by atoms with Gasteiger partial charge < -0.3 is 19.9 Å². The number of carbonyl (C=O) groups is 1. The molecule has 0 spiro atoms. The average molecular weight is 450 g/mol. The molecule has 0 radical (unpaired) electrons. The Morgan fingerprint density at radius 2 is 1.91 bits per heavy atom. The van der Waals surface area contributed by atoms with E-state index in [1.807, 2.05) is 4.90 Å². The summed E-state index contributed by atoms with van der Waals surface area (Å²) in [7, 11) is 0. The van der Waals surface area contributed by atoms with Crippen LogP contribution in [0.1, 0.15) is 20.8 Å². The lowest BCUT2D eigenvalue weighted by molar-refractivity contribution is -0.383. The van der Waals surface area contributed by atoms with Crippen LogP contribution in [-0.2, 0) is 4.74 Å². The first-order chi connectivity index (χ1) is 15.0. The summed E-state index contributed by atoms with van der Waals surface area (Å²) in [6.45, 7) is 10.1. The maximum Gasteiger partial charge on any atom is 0.410 e. The lowest BCUT2D eigenvalue weighted by Crippen LogP contribution is -2.50. The lowest BCUT2D eigenvalue weighted by atomic mass is 10.2. The molecule has 10 heteroatoms. The van der Waals surface area contributed by atoms with E-state index in [2.05, 4.69) is 11.9 Å². The van der Waals surface area contributed by atoms with Crippen molar-refractivity contribution in [2.45, 2.75) is 26.4 Å². The van der Waals surface area contributed by atoms with E-state index in [1.165, 1.54) is 6.08 Å². The number of nitro benzene ring substituents is 1. The maximum absolute atomic E-state index is 13.4. The molecule has 0 unspecified atom stereocenters. The Balaban J connectivity index is 2.10. The molecule has 1 aliphatic heterocycles. The standard InChI is InChI=1S/C22H28F2N4O4/c1-5-16(23)17(24)8-7-11-25-18-9-6-10-19(20(18)28(30)31)26-12-14-27(15-13-26)21(29)32-22(2,3)4/h5-10,25H,1,11-15H2,2-4H3/b8-7+,17-16-. The van der Waals surface area contributed by atoms with Gasteiger partial charge in [-0.25, -0.2) is 13.6 Å². The number of para-hydroxylation sites is 1. The van der Waals surface area contributed by atoms with Crippen molar-refractivity contribution in [3.63, 3.8) is 0 Å². The molecule has 1 aromatic carbocycles. The Labute approximate surface area is 186 Å². The van der Waals surface area contributed by atoms with E-state index in [9.17, 15) is 23.7 Å². The van der Waals surface area contributed by atoms with Crippen LogP contribution in [0.3, 0.4) is 0 Å². The number of hydrogen-bond acceptors (Lipinski definition) is 6. The Hall–Kier alpha value is -3.43. The molecule has 0 aliphatic carbocycles. The number of carbonyl (C=O) groups excluding carboxylic acids is 1. The predicted molar refractivity (Wildman–Crippen MR) is 120 cm³/mol. The zero-order valence-corrected chi connectivity index (χ0v) is 18.4. The van der Waals surface area contributed by atoms with E-state index in [0.29, 0.717) is 31.9 Å². The van der Waals surface area contributed by atoms with E-state index < -0.39 is 28.3 Å². The van der Waals surface area contributed by atoms with Crippen LogP contribution in [-0.4, -0.2) is 54.2 Å². The van der Waals surface area contributed by atoms with E-state index in [4.69, 9.17) is 4.74 Å². The van der Waals surface area contributed by atoms with E-state index in [1.54, 1.807) is 43.9 Å². The Bertz CT molecular complexity index is 917. The number of amides is 1. The zero-order chi connectivity index (χ0) is 23.9. The summed E-state index contributed by atoms with van der Waals surface area (Å²) in [5, 5.41) is 14.7. The molecule has 1 aliphatic rings. The molecule has 1 aromatic rings. The molecule has 8 nitrogen and oxygen atoms in total. The van der Waals surface area contributed by atoms with Crippen LogP contribution in [0.4, 0.5) is 30.6 Å². The third-order valence-electron chi connectivity index (χ3n) is 4.55. The number of allylic oxidation sites excluding steroid dienone is 4. The molecule has 2 rings (SSSR count). The SMILES string of the molecule is C=C/C(F)=C(F)\C=C\CNc1cccc(N2CCN(C(=O)OC(C)(C)C)CC2)c1[N+](=O)[O-]. The highest BCUT2D eigenvalue weighted by Crippen LogP contribution is 2.36. The van der Waals surface area contributed by atoms with Gasteiger partial charge in [0.2, 0.25) is 0 Å². The average Bonchev–Trinajstić information content (AvgIpc) is 2.74. The summed E-state index contributed by atoms with van der Waals surface area (Å²) in [5.74, 6) is -2.16. The summed E-state index contributed by atoms with van der Waals surface area (Å²) >= 11 is 0. The molecule has 0 bridgehead atoms. The molecule has 0 saturated carbocycles. The molecular formula is C22H28F2N4O4. The number of benzene rings is 1. The van der Waals surface area contributed by atoms with Gasteiger partial charge in [0.05, 0.1) is 4.92 Å². The Kier molecular flexibility index (Phi) is 8.34. The van der Waals surface area contributed by atoms with Gasteiger partial charge in [-0.05, 0) is 45.1 Å². The number of nitrogens with one attached hydrogen (secondary N) is 1. The summed E-state index contributed by atoms with van der Waals surface area (Å²) in [5.41, 5.74) is -0.0609. The minimum absolute atomic E-state index is 0.0502. The highest BCUT2D eigenvalue weighted by molar-refractivity contribution is 5.77. The fourth-order valence-electron chi connectivity index (χ4n) is 3.09. The molecule has 32 heavy (non-hydrogen) atoms. The number of nitro groups is 1. The van der Waals surface area contributed by atoms with Crippen LogP contribution in [0.15, 0.2) is 54.7 Å². The van der Waals surface area contributed by atoms with Gasteiger partial charge in [0.1, 0.15) is 17.0 Å². The van der Waals surface area contributed by atoms with Crippen molar-refractivity contribution in [3.05, 3.63) is 64.8 Å². The van der Waals surface area contributed by atoms with Gasteiger partial charge in [0.15, 0.2) is 11.7 Å². The number of hydrogen-bond donors (Lipinski definition) is 1. The Morgan fingerprint density at radius 1 is 1.25 bits per heavy atom. The largest absolute Gasteiger partial charge is 0.444 e. The van der Waals surface area contributed by atoms with Gasteiger partial charge >= 0.3 is 11.8 Å². The van der Waals surface area contributed by atoms with Gasteiger partial charge in [-0.2, -0.15) is 0 Å². The molecule has 1 fully saturated rings. The molecular weight excluding hydrogens is 422 g/mol. The second-order valence-electron chi connectivity index (χ2n) is 8.07. The Morgan fingerprint density at radius 3 is 2.47 bits per heavy atom. The number of halogens is 2. The van der Waals surface area contributed by atoms with Crippen LogP contribution >= 0.6 is 0 Å². The highest BCUT2D eigenvalue weighted by Gasteiger charge is 2.29. The van der Waals surface area contributed by atoms with Crippen molar-refractivity contribution in [1.29, 1.82) is 0 Å². The fourth-order valence-corrected chi connectivity index (χ4v) is 3.09. The number of piperazine rings is 1. The minimum Gasteiger partial charge on any atom is -0.444 e. The van der Waals surface area contributed by atoms with Crippen molar-refractivity contribution >= 4 is 23.2 Å². The van der Waals surface area contributed by atoms with Crippen LogP contribution in [0, 0.1) is 10.1 Å². The summed E-state index contributed by atoms with van der Waals surface area (Å²) in [4.78, 5) is 27.0. The normalized spacial score (nSPS) is 15.4. The minimum atomic E-state index is -1.08. The topological polar surface area (TPSA) is 88.0 Å². The van der Waals surface area contributed by atoms with Gasteiger partial charge in [0.25, 0.3) is 0 Å². The molecule has 0 aromatic heterocycles. The molecule has 174 valence electrons. The lowest BCUT2D eigenvalue weighted by Gasteiger charge is -2.36.